The second kappa shape index (κ2) is 6.23. The molecule has 0 atom stereocenters. The molecular formula is C15H14ClF3N4. The molecule has 0 aromatic carbocycles. The number of anilines is 2. The van der Waals surface area contributed by atoms with Gasteiger partial charge in [0.1, 0.15) is 11.6 Å². The molecule has 2 aromatic heterocycles. The highest BCUT2D eigenvalue weighted by atomic mass is 35.5. The maximum absolute atomic E-state index is 12.7. The van der Waals surface area contributed by atoms with Crippen molar-refractivity contribution in [3.8, 4) is 0 Å². The molecule has 23 heavy (non-hydrogen) atoms. The summed E-state index contributed by atoms with van der Waals surface area (Å²) in [5, 5.41) is 0.0195. The number of alkyl halides is 3. The Bertz CT molecular complexity index is 670. The highest BCUT2D eigenvalue weighted by Crippen LogP contribution is 2.33. The summed E-state index contributed by atoms with van der Waals surface area (Å²) in [7, 11) is 0. The highest BCUT2D eigenvalue weighted by molar-refractivity contribution is 6.33. The normalized spacial score (nSPS) is 15.8. The molecule has 1 saturated heterocycles. The summed E-state index contributed by atoms with van der Waals surface area (Å²) in [5.41, 5.74) is -0.835. The number of aromatic nitrogens is 2. The van der Waals surface area contributed by atoms with Gasteiger partial charge in [-0.25, -0.2) is 9.97 Å². The number of halogens is 4. The van der Waals surface area contributed by atoms with Gasteiger partial charge in [0.25, 0.3) is 0 Å². The molecule has 0 unspecified atom stereocenters. The summed E-state index contributed by atoms with van der Waals surface area (Å²) in [6.45, 7) is 2.65. The number of pyridine rings is 2. The average Bonchev–Trinajstić information content (AvgIpc) is 2.55. The van der Waals surface area contributed by atoms with Crippen LogP contribution in [-0.4, -0.2) is 36.1 Å². The number of hydrogen-bond acceptors (Lipinski definition) is 4. The van der Waals surface area contributed by atoms with E-state index in [1.165, 1.54) is 0 Å². The summed E-state index contributed by atoms with van der Waals surface area (Å²) in [6, 6.07) is 6.63. The minimum atomic E-state index is -4.44. The van der Waals surface area contributed by atoms with E-state index in [1.807, 2.05) is 23.1 Å². The SMILES string of the molecule is FC(F)(F)c1cnc(N2CCN(c3ccccn3)CC2)c(Cl)c1. The van der Waals surface area contributed by atoms with Crippen LogP contribution >= 0.6 is 11.6 Å². The van der Waals surface area contributed by atoms with Gasteiger partial charge in [0.15, 0.2) is 0 Å². The summed E-state index contributed by atoms with van der Waals surface area (Å²) in [6.07, 6.45) is -1.88. The lowest BCUT2D eigenvalue weighted by atomic mass is 10.2. The van der Waals surface area contributed by atoms with Crippen molar-refractivity contribution in [2.75, 3.05) is 36.0 Å². The maximum atomic E-state index is 12.7. The number of nitrogens with zero attached hydrogens (tertiary/aromatic N) is 4. The average molecular weight is 343 g/mol. The maximum Gasteiger partial charge on any atom is 0.417 e. The van der Waals surface area contributed by atoms with Gasteiger partial charge < -0.3 is 9.80 Å². The van der Waals surface area contributed by atoms with Gasteiger partial charge in [-0.3, -0.25) is 0 Å². The first-order valence-electron chi connectivity index (χ1n) is 7.09. The topological polar surface area (TPSA) is 32.3 Å². The lowest BCUT2D eigenvalue weighted by Crippen LogP contribution is -2.47. The molecule has 2 aromatic rings. The van der Waals surface area contributed by atoms with Crippen LogP contribution in [0.25, 0.3) is 0 Å². The van der Waals surface area contributed by atoms with E-state index in [4.69, 9.17) is 11.6 Å². The zero-order valence-electron chi connectivity index (χ0n) is 12.1. The second-order valence-corrected chi connectivity index (χ2v) is 5.60. The van der Waals surface area contributed by atoms with Gasteiger partial charge >= 0.3 is 6.18 Å². The van der Waals surface area contributed by atoms with Crippen molar-refractivity contribution < 1.29 is 13.2 Å². The first kappa shape index (κ1) is 15.9. The number of rotatable bonds is 2. The molecule has 0 bridgehead atoms. The molecule has 0 radical (unpaired) electrons. The van der Waals surface area contributed by atoms with Gasteiger partial charge in [0.05, 0.1) is 10.6 Å². The van der Waals surface area contributed by atoms with Crippen LogP contribution in [0.3, 0.4) is 0 Å². The highest BCUT2D eigenvalue weighted by Gasteiger charge is 2.32. The Morgan fingerprint density at radius 2 is 1.70 bits per heavy atom. The van der Waals surface area contributed by atoms with Crippen molar-refractivity contribution in [2.24, 2.45) is 0 Å². The zero-order chi connectivity index (χ0) is 16.4. The third kappa shape index (κ3) is 3.50. The minimum absolute atomic E-state index is 0.0195. The predicted octanol–water partition coefficient (Wildman–Crippen LogP) is 3.48. The smallest absolute Gasteiger partial charge is 0.353 e. The van der Waals surface area contributed by atoms with Crippen LogP contribution in [0.1, 0.15) is 5.56 Å². The standard InChI is InChI=1S/C15H14ClF3N4/c16-12-9-11(15(17,18)19)10-21-14(12)23-7-5-22(6-8-23)13-3-1-2-4-20-13/h1-4,9-10H,5-8H2. The fourth-order valence-corrected chi connectivity index (χ4v) is 2.79. The number of piperazine rings is 1. The van der Waals surface area contributed by atoms with Gasteiger partial charge in [0.2, 0.25) is 0 Å². The molecule has 1 aliphatic heterocycles. The molecule has 0 aliphatic carbocycles. The molecule has 122 valence electrons. The van der Waals surface area contributed by atoms with E-state index in [0.29, 0.717) is 32.0 Å². The fourth-order valence-electron chi connectivity index (χ4n) is 2.51. The predicted molar refractivity (Wildman–Crippen MR) is 82.9 cm³/mol. The Kier molecular flexibility index (Phi) is 4.30. The van der Waals surface area contributed by atoms with Gasteiger partial charge in [0, 0.05) is 38.6 Å². The van der Waals surface area contributed by atoms with Crippen LogP contribution in [-0.2, 0) is 6.18 Å². The Morgan fingerprint density at radius 1 is 1.00 bits per heavy atom. The van der Waals surface area contributed by atoms with Gasteiger partial charge in [-0.05, 0) is 18.2 Å². The Morgan fingerprint density at radius 3 is 2.26 bits per heavy atom. The Hall–Kier alpha value is -2.02. The monoisotopic (exact) mass is 342 g/mol. The van der Waals surface area contributed by atoms with E-state index < -0.39 is 11.7 Å². The molecule has 0 amide bonds. The van der Waals surface area contributed by atoms with E-state index in [9.17, 15) is 13.2 Å². The van der Waals surface area contributed by atoms with Crippen molar-refractivity contribution in [3.05, 3.63) is 47.2 Å². The Balaban J connectivity index is 1.71. The van der Waals surface area contributed by atoms with Crippen LogP contribution in [0.4, 0.5) is 24.8 Å². The van der Waals surface area contributed by atoms with Crippen LogP contribution < -0.4 is 9.80 Å². The molecule has 1 aliphatic rings. The molecule has 0 spiro atoms. The van der Waals surface area contributed by atoms with Crippen molar-refractivity contribution in [1.29, 1.82) is 0 Å². The van der Waals surface area contributed by atoms with E-state index in [-0.39, 0.29) is 5.02 Å². The largest absolute Gasteiger partial charge is 0.417 e. The fraction of sp³-hybridized carbons (Fsp3) is 0.333. The van der Waals surface area contributed by atoms with Gasteiger partial charge in [-0.15, -0.1) is 0 Å². The molecule has 3 heterocycles. The van der Waals surface area contributed by atoms with Crippen molar-refractivity contribution in [2.45, 2.75) is 6.18 Å². The van der Waals surface area contributed by atoms with E-state index in [2.05, 4.69) is 14.9 Å². The van der Waals surface area contributed by atoms with Crippen LogP contribution in [0.15, 0.2) is 36.7 Å². The summed E-state index contributed by atoms with van der Waals surface area (Å²) in [4.78, 5) is 12.2. The summed E-state index contributed by atoms with van der Waals surface area (Å²) in [5.74, 6) is 1.28. The summed E-state index contributed by atoms with van der Waals surface area (Å²) >= 11 is 5.99. The van der Waals surface area contributed by atoms with Crippen LogP contribution in [0.5, 0.6) is 0 Å². The van der Waals surface area contributed by atoms with Gasteiger partial charge in [-0.2, -0.15) is 13.2 Å². The first-order chi connectivity index (χ1) is 10.9. The Labute approximate surface area is 136 Å². The third-order valence-electron chi connectivity index (χ3n) is 3.70. The van der Waals surface area contributed by atoms with Crippen LogP contribution in [0, 0.1) is 0 Å². The molecule has 0 N–H and O–H groups in total. The van der Waals surface area contributed by atoms with Crippen LogP contribution in [0.2, 0.25) is 5.02 Å². The third-order valence-corrected chi connectivity index (χ3v) is 3.98. The van der Waals surface area contributed by atoms with E-state index in [0.717, 1.165) is 18.1 Å². The summed E-state index contributed by atoms with van der Waals surface area (Å²) < 4.78 is 38.0. The van der Waals surface area contributed by atoms with Crippen molar-refractivity contribution in [3.63, 3.8) is 0 Å². The molecule has 1 fully saturated rings. The molecule has 0 saturated carbocycles. The van der Waals surface area contributed by atoms with E-state index in [1.54, 1.807) is 6.20 Å². The second-order valence-electron chi connectivity index (χ2n) is 5.19. The van der Waals surface area contributed by atoms with E-state index >= 15 is 0 Å². The first-order valence-corrected chi connectivity index (χ1v) is 7.46. The molecule has 8 heteroatoms. The van der Waals surface area contributed by atoms with Crippen molar-refractivity contribution in [1.82, 2.24) is 9.97 Å². The molecule has 3 rings (SSSR count). The minimum Gasteiger partial charge on any atom is -0.353 e. The lowest BCUT2D eigenvalue weighted by molar-refractivity contribution is -0.137. The van der Waals surface area contributed by atoms with Gasteiger partial charge in [-0.1, -0.05) is 17.7 Å². The zero-order valence-corrected chi connectivity index (χ0v) is 12.8. The lowest BCUT2D eigenvalue weighted by Gasteiger charge is -2.36. The molecular weight excluding hydrogens is 329 g/mol. The van der Waals surface area contributed by atoms with Crippen molar-refractivity contribution >= 4 is 23.2 Å². The number of hydrogen-bond donors (Lipinski definition) is 0. The molecule has 4 nitrogen and oxygen atoms in total. The quantitative estimate of drug-likeness (QED) is 0.836.